The molecule has 2 aromatic heterocycles. The van der Waals surface area contributed by atoms with Gasteiger partial charge in [0.05, 0.1) is 17.6 Å². The number of hydrogen-bond acceptors (Lipinski definition) is 6. The minimum absolute atomic E-state index is 0.325. The van der Waals surface area contributed by atoms with Crippen molar-refractivity contribution in [3.05, 3.63) is 35.7 Å². The third-order valence-electron chi connectivity index (χ3n) is 4.39. The van der Waals surface area contributed by atoms with E-state index in [0.717, 1.165) is 49.7 Å². The molecule has 1 aliphatic rings. The molecule has 0 bridgehead atoms. The molecule has 1 unspecified atom stereocenters. The van der Waals surface area contributed by atoms with Crippen molar-refractivity contribution in [2.45, 2.75) is 37.6 Å². The molecule has 0 aliphatic carbocycles. The van der Waals surface area contributed by atoms with Crippen molar-refractivity contribution in [2.24, 2.45) is 5.92 Å². The van der Waals surface area contributed by atoms with Gasteiger partial charge in [0.15, 0.2) is 9.84 Å². The van der Waals surface area contributed by atoms with Crippen molar-refractivity contribution in [1.82, 2.24) is 25.1 Å². The quantitative estimate of drug-likeness (QED) is 0.876. The highest BCUT2D eigenvalue weighted by molar-refractivity contribution is 7.90. The molecule has 24 heavy (non-hydrogen) atoms. The molecule has 1 atom stereocenters. The van der Waals surface area contributed by atoms with Crippen LogP contribution in [-0.2, 0) is 22.8 Å². The Morgan fingerprint density at radius 1 is 1.42 bits per heavy atom. The molecule has 2 aromatic rings. The Labute approximate surface area is 142 Å². The molecule has 1 saturated heterocycles. The van der Waals surface area contributed by atoms with Crippen molar-refractivity contribution in [3.63, 3.8) is 0 Å². The molecule has 3 rings (SSSR count). The lowest BCUT2D eigenvalue weighted by molar-refractivity contribution is 0.164. The zero-order valence-corrected chi connectivity index (χ0v) is 14.9. The maximum Gasteiger partial charge on any atom is 0.178 e. The number of rotatable bonds is 5. The number of hydrogen-bond donors (Lipinski definition) is 1. The van der Waals surface area contributed by atoms with E-state index >= 15 is 0 Å². The van der Waals surface area contributed by atoms with Crippen LogP contribution in [0.5, 0.6) is 0 Å². The molecule has 0 amide bonds. The molecule has 3 heterocycles. The zero-order valence-electron chi connectivity index (χ0n) is 14.1. The van der Waals surface area contributed by atoms with Crippen LogP contribution < -0.4 is 0 Å². The van der Waals surface area contributed by atoms with Gasteiger partial charge in [-0.05, 0) is 44.7 Å². The summed E-state index contributed by atoms with van der Waals surface area (Å²) in [5, 5.41) is 6.78. The lowest BCUT2D eigenvalue weighted by atomic mass is 9.93. The van der Waals surface area contributed by atoms with Gasteiger partial charge in [-0.15, -0.1) is 0 Å². The van der Waals surface area contributed by atoms with Crippen molar-refractivity contribution in [1.29, 1.82) is 0 Å². The van der Waals surface area contributed by atoms with Gasteiger partial charge in [-0.25, -0.2) is 18.4 Å². The number of aryl methyl sites for hydroxylation is 1. The highest BCUT2D eigenvalue weighted by Crippen LogP contribution is 2.24. The molecule has 0 aromatic carbocycles. The summed E-state index contributed by atoms with van der Waals surface area (Å²) >= 11 is 0. The Bertz CT molecular complexity index is 802. The summed E-state index contributed by atoms with van der Waals surface area (Å²) in [5.41, 5.74) is 1.75. The fourth-order valence-electron chi connectivity index (χ4n) is 3.34. The van der Waals surface area contributed by atoms with E-state index < -0.39 is 9.84 Å². The van der Waals surface area contributed by atoms with Crippen LogP contribution in [0.15, 0.2) is 23.4 Å². The Kier molecular flexibility index (Phi) is 4.96. The summed E-state index contributed by atoms with van der Waals surface area (Å²) in [5.74, 6) is 1.21. The maximum atomic E-state index is 11.8. The van der Waals surface area contributed by atoms with Gasteiger partial charge in [0.1, 0.15) is 10.7 Å². The lowest BCUT2D eigenvalue weighted by Crippen LogP contribution is -2.36. The molecule has 130 valence electrons. The number of H-pyrrole nitrogens is 1. The van der Waals surface area contributed by atoms with E-state index in [4.69, 9.17) is 0 Å². The predicted molar refractivity (Wildman–Crippen MR) is 90.2 cm³/mol. The summed E-state index contributed by atoms with van der Waals surface area (Å²) in [6.07, 6.45) is 7.35. The molecule has 1 fully saturated rings. The number of aromatic amines is 1. The Hall–Kier alpha value is -1.80. The van der Waals surface area contributed by atoms with Crippen molar-refractivity contribution in [3.8, 4) is 0 Å². The van der Waals surface area contributed by atoms with E-state index in [-0.39, 0.29) is 0 Å². The van der Waals surface area contributed by atoms with Crippen LogP contribution in [0.1, 0.15) is 30.1 Å². The smallest absolute Gasteiger partial charge is 0.178 e. The normalized spacial score (nSPS) is 19.5. The molecule has 1 aliphatic heterocycles. The van der Waals surface area contributed by atoms with E-state index in [9.17, 15) is 8.42 Å². The number of likely N-dealkylation sites (tertiary alicyclic amines) is 1. The van der Waals surface area contributed by atoms with E-state index in [2.05, 4.69) is 25.1 Å². The second-order valence-corrected chi connectivity index (χ2v) is 8.51. The van der Waals surface area contributed by atoms with Crippen molar-refractivity contribution < 1.29 is 8.42 Å². The van der Waals surface area contributed by atoms with E-state index in [1.165, 1.54) is 12.5 Å². The number of aromatic nitrogens is 4. The first kappa shape index (κ1) is 17.0. The van der Waals surface area contributed by atoms with Gasteiger partial charge in [-0.1, -0.05) is 0 Å². The van der Waals surface area contributed by atoms with Crippen LogP contribution in [0.2, 0.25) is 0 Å². The first-order valence-electron chi connectivity index (χ1n) is 8.15. The van der Waals surface area contributed by atoms with Gasteiger partial charge in [0.25, 0.3) is 0 Å². The fourth-order valence-corrected chi connectivity index (χ4v) is 4.16. The van der Waals surface area contributed by atoms with Crippen LogP contribution >= 0.6 is 0 Å². The van der Waals surface area contributed by atoms with Crippen molar-refractivity contribution >= 4 is 9.84 Å². The number of sulfone groups is 1. The number of piperidine rings is 1. The van der Waals surface area contributed by atoms with E-state index in [0.29, 0.717) is 17.2 Å². The molecule has 0 spiro atoms. The van der Waals surface area contributed by atoms with E-state index in [1.807, 2.05) is 13.0 Å². The van der Waals surface area contributed by atoms with Gasteiger partial charge in [-0.2, -0.15) is 5.10 Å². The fraction of sp³-hybridized carbons (Fsp3) is 0.562. The third kappa shape index (κ3) is 4.18. The minimum Gasteiger partial charge on any atom is -0.297 e. The molecule has 0 radical (unpaired) electrons. The number of nitrogens with zero attached hydrogens (tertiary/aromatic N) is 4. The van der Waals surface area contributed by atoms with Crippen LogP contribution in [-0.4, -0.2) is 52.8 Å². The Morgan fingerprint density at radius 2 is 2.25 bits per heavy atom. The first-order chi connectivity index (χ1) is 11.4. The average Bonchev–Trinajstić information content (AvgIpc) is 2.96. The maximum absolute atomic E-state index is 11.8. The monoisotopic (exact) mass is 349 g/mol. The summed E-state index contributed by atoms with van der Waals surface area (Å²) < 4.78 is 23.6. The highest BCUT2D eigenvalue weighted by atomic mass is 32.2. The topological polar surface area (TPSA) is 91.8 Å². The van der Waals surface area contributed by atoms with Crippen molar-refractivity contribution in [2.75, 3.05) is 19.3 Å². The molecule has 1 N–H and O–H groups in total. The van der Waals surface area contributed by atoms with Crippen LogP contribution in [0, 0.1) is 12.8 Å². The summed E-state index contributed by atoms with van der Waals surface area (Å²) in [6.45, 7) is 4.68. The first-order valence-corrected chi connectivity index (χ1v) is 10.0. The number of nitrogens with one attached hydrogen (secondary N) is 1. The largest absolute Gasteiger partial charge is 0.297 e. The second kappa shape index (κ2) is 6.98. The van der Waals surface area contributed by atoms with Gasteiger partial charge >= 0.3 is 0 Å². The summed E-state index contributed by atoms with van der Waals surface area (Å²) in [7, 11) is -3.23. The van der Waals surface area contributed by atoms with Crippen LogP contribution in [0.3, 0.4) is 0 Å². The molecular weight excluding hydrogens is 326 g/mol. The summed E-state index contributed by atoms with van der Waals surface area (Å²) in [6, 6.07) is 1.95. The molecule has 0 saturated carbocycles. The molecule has 8 heteroatoms. The van der Waals surface area contributed by atoms with E-state index in [1.54, 1.807) is 6.20 Å². The SMILES string of the molecule is Cc1nccc(CN2CCCC(Cc3[nH]ncc3S(C)(=O)=O)C2)n1. The third-order valence-corrected chi connectivity index (χ3v) is 5.54. The molecule has 7 nitrogen and oxygen atoms in total. The van der Waals surface area contributed by atoms with Crippen LogP contribution in [0.25, 0.3) is 0 Å². The minimum atomic E-state index is -3.23. The van der Waals surface area contributed by atoms with Crippen LogP contribution in [0.4, 0.5) is 0 Å². The standard InChI is InChI=1S/C16H23N5O2S/c1-12-17-6-5-14(19-12)11-21-7-3-4-13(10-21)8-15-16(9-18-20-15)24(2,22)23/h5-6,9,13H,3-4,7-8,10-11H2,1-2H3,(H,18,20). The summed E-state index contributed by atoms with van der Waals surface area (Å²) in [4.78, 5) is 11.3. The Morgan fingerprint density at radius 3 is 3.00 bits per heavy atom. The predicted octanol–water partition coefficient (Wildman–Crippen LogP) is 1.37. The van der Waals surface area contributed by atoms with Gasteiger partial charge in [-0.3, -0.25) is 10.00 Å². The van der Waals surface area contributed by atoms with Gasteiger partial charge < -0.3 is 0 Å². The average molecular weight is 349 g/mol. The Balaban J connectivity index is 1.65. The highest BCUT2D eigenvalue weighted by Gasteiger charge is 2.24. The molecular formula is C16H23N5O2S. The second-order valence-electron chi connectivity index (χ2n) is 6.53. The lowest BCUT2D eigenvalue weighted by Gasteiger charge is -2.32. The zero-order chi connectivity index (χ0) is 17.2. The van der Waals surface area contributed by atoms with Gasteiger partial charge in [0, 0.05) is 25.5 Å². The van der Waals surface area contributed by atoms with Gasteiger partial charge in [0.2, 0.25) is 0 Å².